The number of fused-ring (bicyclic) bond motifs is 1. The predicted octanol–water partition coefficient (Wildman–Crippen LogP) is 3.31. The third kappa shape index (κ3) is 3.97. The molecule has 0 aliphatic heterocycles. The summed E-state index contributed by atoms with van der Waals surface area (Å²) >= 11 is 0. The summed E-state index contributed by atoms with van der Waals surface area (Å²) in [6.45, 7) is 4.74. The maximum Gasteiger partial charge on any atom is 0.269 e. The van der Waals surface area contributed by atoms with E-state index in [9.17, 15) is 10.1 Å². The molecule has 8 heteroatoms. The van der Waals surface area contributed by atoms with Crippen molar-refractivity contribution in [3.8, 4) is 0 Å². The number of aliphatic imine (C=N–C) groups is 1. The summed E-state index contributed by atoms with van der Waals surface area (Å²) in [7, 11) is 0. The predicted molar refractivity (Wildman–Crippen MR) is 96.8 cm³/mol. The summed E-state index contributed by atoms with van der Waals surface area (Å²) in [5.74, 6) is 0.845. The van der Waals surface area contributed by atoms with Crippen LogP contribution in [-0.4, -0.2) is 32.4 Å². The summed E-state index contributed by atoms with van der Waals surface area (Å²) in [6.07, 6.45) is 0. The second-order valence-corrected chi connectivity index (χ2v) is 5.97. The Kier molecular flexibility index (Phi) is 4.69. The van der Waals surface area contributed by atoms with Crippen LogP contribution in [-0.2, 0) is 0 Å². The zero-order chi connectivity index (χ0) is 17.8. The number of benzene rings is 2. The maximum atomic E-state index is 10.8. The van der Waals surface area contributed by atoms with Gasteiger partial charge in [0, 0.05) is 24.4 Å². The van der Waals surface area contributed by atoms with Gasteiger partial charge in [0.05, 0.1) is 4.92 Å². The van der Waals surface area contributed by atoms with E-state index in [-0.39, 0.29) is 5.69 Å². The van der Waals surface area contributed by atoms with Crippen molar-refractivity contribution in [2.24, 2.45) is 10.9 Å². The van der Waals surface area contributed by atoms with Crippen LogP contribution in [0.25, 0.3) is 11.0 Å². The number of hydrogen-bond donors (Lipinski definition) is 1. The van der Waals surface area contributed by atoms with Crippen molar-refractivity contribution in [2.75, 3.05) is 11.9 Å². The fraction of sp³-hybridized carbons (Fsp3) is 0.235. The van der Waals surface area contributed by atoms with Gasteiger partial charge in [-0.25, -0.2) is 4.99 Å². The molecule has 0 atom stereocenters. The first-order valence-electron chi connectivity index (χ1n) is 7.91. The van der Waals surface area contributed by atoms with Gasteiger partial charge in [-0.15, -0.1) is 15.0 Å². The van der Waals surface area contributed by atoms with Gasteiger partial charge in [0.2, 0.25) is 5.96 Å². The highest BCUT2D eigenvalue weighted by atomic mass is 16.6. The van der Waals surface area contributed by atoms with Crippen LogP contribution in [0.1, 0.15) is 13.8 Å². The van der Waals surface area contributed by atoms with E-state index in [1.807, 2.05) is 24.3 Å². The van der Waals surface area contributed by atoms with E-state index >= 15 is 0 Å². The zero-order valence-electron chi connectivity index (χ0n) is 14.0. The number of nitrogens with one attached hydrogen (secondary N) is 1. The molecule has 0 radical (unpaired) electrons. The fourth-order valence-corrected chi connectivity index (χ4v) is 2.17. The molecule has 1 N–H and O–H groups in total. The van der Waals surface area contributed by atoms with Gasteiger partial charge >= 0.3 is 0 Å². The first-order chi connectivity index (χ1) is 12.0. The monoisotopic (exact) mass is 338 g/mol. The van der Waals surface area contributed by atoms with Crippen LogP contribution in [0.2, 0.25) is 0 Å². The van der Waals surface area contributed by atoms with E-state index in [1.165, 1.54) is 16.9 Å². The summed E-state index contributed by atoms with van der Waals surface area (Å²) in [6, 6.07) is 13.7. The molecule has 0 bridgehead atoms. The first kappa shape index (κ1) is 16.6. The quantitative estimate of drug-likeness (QED) is 0.340. The third-order valence-corrected chi connectivity index (χ3v) is 3.42. The Morgan fingerprint density at radius 2 is 1.76 bits per heavy atom. The van der Waals surface area contributed by atoms with E-state index < -0.39 is 4.92 Å². The average molecular weight is 338 g/mol. The molecule has 1 heterocycles. The molecule has 3 rings (SSSR count). The number of nitro groups is 1. The van der Waals surface area contributed by atoms with Crippen molar-refractivity contribution < 1.29 is 4.92 Å². The topological polar surface area (TPSA) is 98.2 Å². The van der Waals surface area contributed by atoms with Crippen molar-refractivity contribution in [1.29, 1.82) is 0 Å². The van der Waals surface area contributed by atoms with Crippen LogP contribution in [0.3, 0.4) is 0 Å². The molecule has 8 nitrogen and oxygen atoms in total. The molecular weight excluding hydrogens is 320 g/mol. The zero-order valence-corrected chi connectivity index (χ0v) is 14.0. The van der Waals surface area contributed by atoms with E-state index in [0.29, 0.717) is 24.1 Å². The molecule has 0 fully saturated rings. The van der Waals surface area contributed by atoms with Crippen LogP contribution in [0, 0.1) is 16.0 Å². The number of anilines is 1. The minimum Gasteiger partial charge on any atom is -0.323 e. The summed E-state index contributed by atoms with van der Waals surface area (Å²) in [5.41, 5.74) is 2.25. The molecule has 128 valence electrons. The standard InChI is InChI=1S/C17H18N6O2/c1-12(2)11-18-17(19-13-7-9-14(10-8-13)23(24)25)22-20-15-5-3-4-6-16(15)21-22/h3-10,12H,11H2,1-2H3,(H,18,19). The van der Waals surface area contributed by atoms with E-state index in [4.69, 9.17) is 0 Å². The Hall–Kier alpha value is -3.29. The Morgan fingerprint density at radius 1 is 1.16 bits per heavy atom. The highest BCUT2D eigenvalue weighted by Crippen LogP contribution is 2.16. The molecule has 3 aromatic rings. The highest BCUT2D eigenvalue weighted by Gasteiger charge is 2.10. The lowest BCUT2D eigenvalue weighted by Gasteiger charge is -2.09. The van der Waals surface area contributed by atoms with Gasteiger partial charge in [0.15, 0.2) is 0 Å². The second kappa shape index (κ2) is 7.08. The third-order valence-electron chi connectivity index (χ3n) is 3.42. The van der Waals surface area contributed by atoms with Crippen LogP contribution >= 0.6 is 0 Å². The van der Waals surface area contributed by atoms with E-state index in [2.05, 4.69) is 34.4 Å². The lowest BCUT2D eigenvalue weighted by atomic mass is 10.2. The van der Waals surface area contributed by atoms with Crippen molar-refractivity contribution in [3.05, 3.63) is 58.6 Å². The van der Waals surface area contributed by atoms with Crippen LogP contribution in [0.15, 0.2) is 53.5 Å². The Morgan fingerprint density at radius 3 is 2.28 bits per heavy atom. The SMILES string of the molecule is CC(C)CN=C(Nc1ccc([N+](=O)[O-])cc1)n1nc2ccccc2n1. The minimum absolute atomic E-state index is 0.0363. The van der Waals surface area contributed by atoms with Crippen molar-refractivity contribution >= 4 is 28.4 Å². The first-order valence-corrected chi connectivity index (χ1v) is 7.91. The van der Waals surface area contributed by atoms with Crippen LogP contribution in [0.4, 0.5) is 11.4 Å². The fourth-order valence-electron chi connectivity index (χ4n) is 2.17. The largest absolute Gasteiger partial charge is 0.323 e. The van der Waals surface area contributed by atoms with Gasteiger partial charge in [-0.05, 0) is 30.2 Å². The van der Waals surface area contributed by atoms with Crippen molar-refractivity contribution in [1.82, 2.24) is 15.0 Å². The molecule has 0 aliphatic rings. The number of nitrogens with zero attached hydrogens (tertiary/aromatic N) is 5. The number of rotatable bonds is 4. The van der Waals surface area contributed by atoms with Crippen molar-refractivity contribution in [2.45, 2.75) is 13.8 Å². The number of hydrogen-bond acceptors (Lipinski definition) is 5. The number of aromatic nitrogens is 3. The van der Waals surface area contributed by atoms with Gasteiger partial charge in [-0.1, -0.05) is 26.0 Å². The molecule has 0 aliphatic carbocycles. The highest BCUT2D eigenvalue weighted by molar-refractivity contribution is 5.95. The summed E-state index contributed by atoms with van der Waals surface area (Å²) < 4.78 is 0. The number of non-ortho nitro benzene ring substituents is 1. The summed E-state index contributed by atoms with van der Waals surface area (Å²) in [5, 5.41) is 22.8. The lowest BCUT2D eigenvalue weighted by Crippen LogP contribution is -2.25. The average Bonchev–Trinajstić information content (AvgIpc) is 3.02. The van der Waals surface area contributed by atoms with E-state index in [0.717, 1.165) is 11.0 Å². The molecule has 0 saturated carbocycles. The lowest BCUT2D eigenvalue weighted by molar-refractivity contribution is -0.384. The molecule has 0 amide bonds. The van der Waals surface area contributed by atoms with E-state index in [1.54, 1.807) is 12.1 Å². The minimum atomic E-state index is -0.431. The molecular formula is C17H18N6O2. The van der Waals surface area contributed by atoms with Gasteiger partial charge < -0.3 is 5.32 Å². The Bertz CT molecular complexity index is 881. The van der Waals surface area contributed by atoms with Crippen LogP contribution < -0.4 is 5.32 Å². The maximum absolute atomic E-state index is 10.8. The Labute approximate surface area is 144 Å². The molecule has 0 saturated heterocycles. The summed E-state index contributed by atoms with van der Waals surface area (Å²) in [4.78, 5) is 16.3. The van der Waals surface area contributed by atoms with Gasteiger partial charge in [-0.2, -0.15) is 0 Å². The molecule has 1 aromatic heterocycles. The number of nitro benzene ring substituents is 1. The molecule has 2 aromatic carbocycles. The van der Waals surface area contributed by atoms with Crippen molar-refractivity contribution in [3.63, 3.8) is 0 Å². The van der Waals surface area contributed by atoms with Gasteiger partial charge in [-0.3, -0.25) is 10.1 Å². The van der Waals surface area contributed by atoms with Gasteiger partial charge in [0.25, 0.3) is 5.69 Å². The molecule has 25 heavy (non-hydrogen) atoms. The molecule has 0 unspecified atom stereocenters. The smallest absolute Gasteiger partial charge is 0.269 e. The van der Waals surface area contributed by atoms with Crippen LogP contribution in [0.5, 0.6) is 0 Å². The van der Waals surface area contributed by atoms with Gasteiger partial charge in [0.1, 0.15) is 11.0 Å². The Balaban J connectivity index is 1.91. The normalized spacial score (nSPS) is 11.9. The second-order valence-electron chi connectivity index (χ2n) is 5.97. The molecule has 0 spiro atoms.